The first-order valence-electron chi connectivity index (χ1n) is 23.5. The van der Waals surface area contributed by atoms with E-state index in [1.807, 2.05) is 0 Å². The van der Waals surface area contributed by atoms with Crippen molar-refractivity contribution < 1.29 is 20.1 Å². The van der Waals surface area contributed by atoms with Crippen molar-refractivity contribution in [2.24, 2.45) is 0 Å². The Morgan fingerprint density at radius 1 is 0.492 bits per heavy atom. The van der Waals surface area contributed by atoms with Gasteiger partial charge in [-0.3, -0.25) is 4.98 Å². The predicted octanol–water partition coefficient (Wildman–Crippen LogP) is 16.3. The quantitative estimate of drug-likeness (QED) is 0.0878. The molecule has 11 rings (SSSR count). The Bertz CT molecular complexity index is 2950. The van der Waals surface area contributed by atoms with Gasteiger partial charge in [0.1, 0.15) is 0 Å². The minimum atomic E-state index is -0.421. The van der Waals surface area contributed by atoms with Crippen molar-refractivity contribution >= 4 is 10.9 Å². The number of nitrogens with zero attached hydrogens (tertiary/aromatic N) is 1. The Balaban J connectivity index is 0.00000471. The zero-order valence-electron chi connectivity index (χ0n) is 37.2. The van der Waals surface area contributed by atoms with E-state index in [-0.39, 0.29) is 25.5 Å². The predicted molar refractivity (Wildman–Crippen MR) is 261 cm³/mol. The summed E-state index contributed by atoms with van der Waals surface area (Å²) in [7, 11) is 0. The number of hydrogen-bond acceptors (Lipinski definition) is 1. The van der Waals surface area contributed by atoms with E-state index in [9.17, 15) is 0 Å². The van der Waals surface area contributed by atoms with Crippen molar-refractivity contribution in [3.8, 4) is 55.8 Å². The van der Waals surface area contributed by atoms with E-state index in [0.717, 1.165) is 29.6 Å². The summed E-state index contributed by atoms with van der Waals surface area (Å²) < 4.78 is 0. The summed E-state index contributed by atoms with van der Waals surface area (Å²) >= 11 is 0. The molecule has 1 heterocycles. The topological polar surface area (TPSA) is 12.9 Å². The molecule has 0 aliphatic heterocycles. The van der Waals surface area contributed by atoms with Crippen molar-refractivity contribution in [1.82, 2.24) is 4.98 Å². The molecule has 2 heteroatoms. The normalized spacial score (nSPS) is 14.2. The van der Waals surface area contributed by atoms with Gasteiger partial charge in [0.05, 0.1) is 10.9 Å². The number of pyridine rings is 1. The van der Waals surface area contributed by atoms with Crippen molar-refractivity contribution in [3.05, 3.63) is 196 Å². The van der Waals surface area contributed by atoms with E-state index in [4.69, 9.17) is 4.98 Å². The van der Waals surface area contributed by atoms with Crippen LogP contribution in [-0.4, -0.2) is 4.98 Å². The van der Waals surface area contributed by atoms with Crippen molar-refractivity contribution in [2.75, 3.05) is 0 Å². The van der Waals surface area contributed by atoms with Crippen molar-refractivity contribution in [1.29, 1.82) is 0 Å². The van der Waals surface area contributed by atoms with Gasteiger partial charge in [0, 0.05) is 30.9 Å². The van der Waals surface area contributed by atoms with Gasteiger partial charge in [-0.25, -0.2) is 0 Å². The van der Waals surface area contributed by atoms with Crippen LogP contribution in [0.3, 0.4) is 0 Å². The maximum absolute atomic E-state index is 5.73. The van der Waals surface area contributed by atoms with E-state index in [1.165, 1.54) is 146 Å². The van der Waals surface area contributed by atoms with E-state index in [2.05, 4.69) is 179 Å². The van der Waals surface area contributed by atoms with Gasteiger partial charge >= 0.3 is 0 Å². The average molecular weight is 995 g/mol. The first kappa shape index (κ1) is 41.6. The molecule has 8 aromatic rings. The summed E-state index contributed by atoms with van der Waals surface area (Å²) in [4.78, 5) is 5.73. The van der Waals surface area contributed by atoms with Gasteiger partial charge in [-0.05, 0) is 116 Å². The molecule has 1 spiro atoms. The van der Waals surface area contributed by atoms with Crippen LogP contribution in [0.15, 0.2) is 146 Å². The fourth-order valence-electron chi connectivity index (χ4n) is 11.8. The zero-order valence-corrected chi connectivity index (χ0v) is 39.6. The monoisotopic (exact) mass is 995 g/mol. The molecule has 0 fully saturated rings. The second-order valence-corrected chi connectivity index (χ2v) is 18.8. The molecular formula is C61H56IrN-. The zero-order chi connectivity index (χ0) is 42.0. The smallest absolute Gasteiger partial charge is 0.0602 e. The van der Waals surface area contributed by atoms with Crippen LogP contribution >= 0.6 is 0 Å². The Labute approximate surface area is 388 Å². The Morgan fingerprint density at radius 2 is 1.03 bits per heavy atom. The van der Waals surface area contributed by atoms with Crippen LogP contribution in [0.2, 0.25) is 0 Å². The summed E-state index contributed by atoms with van der Waals surface area (Å²) in [6.45, 7) is 9.41. The molecule has 3 aliphatic carbocycles. The molecule has 315 valence electrons. The number of aryl methyl sites for hydroxylation is 2. The minimum Gasteiger partial charge on any atom is -0.296 e. The summed E-state index contributed by atoms with van der Waals surface area (Å²) in [5.74, 6) is 0. The maximum atomic E-state index is 5.73. The number of rotatable bonds is 12. The fourth-order valence-corrected chi connectivity index (χ4v) is 11.8. The van der Waals surface area contributed by atoms with Crippen LogP contribution in [0.25, 0.3) is 66.7 Å². The van der Waals surface area contributed by atoms with Crippen LogP contribution in [0, 0.1) is 6.07 Å². The fraction of sp³-hybridized carbons (Fsp3) is 0.262. The van der Waals surface area contributed by atoms with Gasteiger partial charge in [0.15, 0.2) is 0 Å². The molecule has 63 heavy (non-hydrogen) atoms. The van der Waals surface area contributed by atoms with Crippen LogP contribution in [-0.2, 0) is 43.8 Å². The third-order valence-corrected chi connectivity index (χ3v) is 14.7. The van der Waals surface area contributed by atoms with Crippen molar-refractivity contribution in [3.63, 3.8) is 0 Å². The summed E-state index contributed by atoms with van der Waals surface area (Å²) in [5.41, 5.74) is 23.9. The second-order valence-electron chi connectivity index (χ2n) is 18.8. The number of benzene rings is 7. The molecule has 0 bridgehead atoms. The molecular weight excluding hydrogens is 939 g/mol. The molecule has 1 aromatic heterocycles. The molecule has 0 atom stereocenters. The molecule has 0 amide bonds. The van der Waals surface area contributed by atoms with E-state index >= 15 is 0 Å². The Hall–Kier alpha value is -5.40. The molecule has 0 N–H and O–H groups in total. The van der Waals surface area contributed by atoms with Gasteiger partial charge in [-0.15, -0.1) is 29.3 Å². The number of aromatic nitrogens is 1. The van der Waals surface area contributed by atoms with Crippen LogP contribution in [0.1, 0.15) is 124 Å². The first-order valence-corrected chi connectivity index (χ1v) is 23.5. The number of unbranched alkanes of at least 4 members (excludes halogenated alkanes) is 6. The van der Waals surface area contributed by atoms with Crippen LogP contribution in [0.4, 0.5) is 0 Å². The molecule has 0 saturated carbocycles. The van der Waals surface area contributed by atoms with E-state index < -0.39 is 5.41 Å². The maximum Gasteiger partial charge on any atom is 0.0602 e. The van der Waals surface area contributed by atoms with Crippen molar-refractivity contribution in [2.45, 2.75) is 103 Å². The summed E-state index contributed by atoms with van der Waals surface area (Å²) in [5, 5.41) is 1.24. The van der Waals surface area contributed by atoms with Gasteiger partial charge in [0.2, 0.25) is 0 Å². The SMILES string of the molecule is CCCCCCc1cc(CCCCCC)cc(-c2ccc3nc(-c4[c-]cc5c(c4)C4(c6ccccc6-c6ccccc64)c4ccccc4-5)c4c(c3c2)-c2ccccc2C4(C)C)c1.[Ir]. The second kappa shape index (κ2) is 16.6. The third kappa shape index (κ3) is 6.54. The summed E-state index contributed by atoms with van der Waals surface area (Å²) in [6.07, 6.45) is 12.5. The van der Waals surface area contributed by atoms with Gasteiger partial charge in [0.25, 0.3) is 0 Å². The minimum absolute atomic E-state index is 0. The van der Waals surface area contributed by atoms with Crippen LogP contribution in [0.5, 0.6) is 0 Å². The van der Waals surface area contributed by atoms with Gasteiger partial charge in [-0.2, -0.15) is 0 Å². The third-order valence-electron chi connectivity index (χ3n) is 14.7. The largest absolute Gasteiger partial charge is 0.296 e. The molecule has 1 radical (unpaired) electrons. The molecule has 1 nitrogen and oxygen atoms in total. The molecule has 0 saturated heterocycles. The Morgan fingerprint density at radius 3 is 1.62 bits per heavy atom. The molecule has 0 unspecified atom stereocenters. The molecule has 3 aliphatic rings. The Kier molecular flexibility index (Phi) is 11.0. The summed E-state index contributed by atoms with van der Waals surface area (Å²) in [6, 6.07) is 59.5. The van der Waals surface area contributed by atoms with E-state index in [0.29, 0.717) is 0 Å². The van der Waals surface area contributed by atoms with Gasteiger partial charge in [-0.1, -0.05) is 199 Å². The molecule has 7 aromatic carbocycles. The van der Waals surface area contributed by atoms with E-state index in [1.54, 1.807) is 0 Å². The first-order chi connectivity index (χ1) is 30.4. The average Bonchev–Trinajstić information content (AvgIpc) is 3.87. The number of fused-ring (bicyclic) bond motifs is 15. The van der Waals surface area contributed by atoms with Crippen LogP contribution < -0.4 is 0 Å². The number of hydrogen-bond donors (Lipinski definition) is 0. The standard InChI is InChI=1S/C61H56N.Ir/c1-5-7-9-11-21-40-35-41(22-12-10-8-6-2)37-44(36-40)42-32-34-56-50(38-42)57-49-26-16-17-27-51(49)60(3,4)58(57)59(62-56)43-31-33-48-47-25-15-20-30-54(47)61(55(48)39-43)52-28-18-13-23-45(52)46-24-14-19-29-53(46)61;/h13-20,23-30,32-39H,5-12,21-22H2,1-4H3;/q-1;. The van der Waals surface area contributed by atoms with Gasteiger partial charge < -0.3 is 0 Å².